The fourth-order valence-corrected chi connectivity index (χ4v) is 3.60. The monoisotopic (exact) mass is 594 g/mol. The summed E-state index contributed by atoms with van der Waals surface area (Å²) in [7, 11) is 1.46. The van der Waals surface area contributed by atoms with Crippen molar-refractivity contribution in [1.29, 1.82) is 0 Å². The number of hydrogen-bond donors (Lipinski definition) is 1. The second-order valence-electron chi connectivity index (χ2n) is 6.46. The minimum absolute atomic E-state index is 0.230. The zero-order valence-corrected chi connectivity index (χ0v) is 21.1. The Kier molecular flexibility index (Phi) is 8.87. The molecule has 0 fully saturated rings. The number of carbonyl (C=O) groups is 2. The Morgan fingerprint density at radius 3 is 2.42 bits per heavy atom. The van der Waals surface area contributed by atoms with Crippen molar-refractivity contribution >= 4 is 61.6 Å². The molecule has 0 aliphatic rings. The molecule has 0 unspecified atom stereocenters. The summed E-state index contributed by atoms with van der Waals surface area (Å²) in [5, 5.41) is 4.46. The number of ether oxygens (including phenoxy) is 3. The molecule has 10 heteroatoms. The summed E-state index contributed by atoms with van der Waals surface area (Å²) in [5.41, 5.74) is 3.40. The Balaban J connectivity index is 1.56. The SMILES string of the molecule is COc1cc(C=NNC(=O)COc2ccc(Cl)cc2Br)ccc1OC(=O)c1ccc(Br)cc1. The van der Waals surface area contributed by atoms with Gasteiger partial charge in [0.25, 0.3) is 5.91 Å². The highest BCUT2D eigenvalue weighted by atomic mass is 79.9. The summed E-state index contributed by atoms with van der Waals surface area (Å²) in [4.78, 5) is 24.3. The first-order valence-corrected chi connectivity index (χ1v) is 11.4. The lowest BCUT2D eigenvalue weighted by atomic mass is 10.2. The Morgan fingerprint density at radius 1 is 1.00 bits per heavy atom. The van der Waals surface area contributed by atoms with Crippen LogP contribution in [0, 0.1) is 0 Å². The fourth-order valence-electron chi connectivity index (χ4n) is 2.54. The molecular weight excluding hydrogens is 580 g/mol. The van der Waals surface area contributed by atoms with Gasteiger partial charge in [-0.3, -0.25) is 4.79 Å². The van der Waals surface area contributed by atoms with Crippen molar-refractivity contribution in [2.75, 3.05) is 13.7 Å². The van der Waals surface area contributed by atoms with Gasteiger partial charge in [-0.25, -0.2) is 10.2 Å². The lowest BCUT2D eigenvalue weighted by molar-refractivity contribution is -0.123. The lowest BCUT2D eigenvalue weighted by Gasteiger charge is -2.10. The molecule has 33 heavy (non-hydrogen) atoms. The van der Waals surface area contributed by atoms with E-state index in [4.69, 9.17) is 25.8 Å². The number of nitrogens with one attached hydrogen (secondary N) is 1. The van der Waals surface area contributed by atoms with E-state index >= 15 is 0 Å². The molecule has 3 aromatic carbocycles. The van der Waals surface area contributed by atoms with Crippen LogP contribution in [0.1, 0.15) is 15.9 Å². The molecule has 0 aliphatic heterocycles. The lowest BCUT2D eigenvalue weighted by Crippen LogP contribution is -2.24. The molecule has 0 saturated carbocycles. The number of nitrogens with zero attached hydrogens (tertiary/aromatic N) is 1. The van der Waals surface area contributed by atoms with Crippen LogP contribution >= 0.6 is 43.5 Å². The first-order valence-electron chi connectivity index (χ1n) is 9.41. The second-order valence-corrected chi connectivity index (χ2v) is 8.67. The highest BCUT2D eigenvalue weighted by Crippen LogP contribution is 2.29. The zero-order chi connectivity index (χ0) is 23.8. The van der Waals surface area contributed by atoms with Crippen LogP contribution in [-0.4, -0.2) is 31.8 Å². The maximum Gasteiger partial charge on any atom is 0.343 e. The predicted molar refractivity (Wildman–Crippen MR) is 132 cm³/mol. The number of esters is 1. The first kappa shape index (κ1) is 24.8. The summed E-state index contributed by atoms with van der Waals surface area (Å²) >= 11 is 12.5. The molecule has 3 aromatic rings. The normalized spacial score (nSPS) is 10.7. The first-order chi connectivity index (χ1) is 15.9. The van der Waals surface area contributed by atoms with Crippen LogP contribution in [0.15, 0.2) is 74.7 Å². The highest BCUT2D eigenvalue weighted by Gasteiger charge is 2.13. The molecule has 0 saturated heterocycles. The third-order valence-electron chi connectivity index (χ3n) is 4.13. The predicted octanol–water partition coefficient (Wildman–Crippen LogP) is 5.62. The molecule has 1 amide bonds. The number of methoxy groups -OCH3 is 1. The number of amides is 1. The molecule has 1 N–H and O–H groups in total. The molecule has 0 aromatic heterocycles. The van der Waals surface area contributed by atoms with E-state index in [9.17, 15) is 9.59 Å². The summed E-state index contributed by atoms with van der Waals surface area (Å²) in [5.74, 6) is 0.124. The topological polar surface area (TPSA) is 86.2 Å². The molecule has 0 spiro atoms. The number of benzene rings is 3. The van der Waals surface area contributed by atoms with Crippen LogP contribution in [0.2, 0.25) is 5.02 Å². The van der Waals surface area contributed by atoms with Crippen LogP contribution in [-0.2, 0) is 4.79 Å². The van der Waals surface area contributed by atoms with Crippen LogP contribution in [0.3, 0.4) is 0 Å². The van der Waals surface area contributed by atoms with Crippen LogP contribution in [0.5, 0.6) is 17.2 Å². The Morgan fingerprint density at radius 2 is 1.73 bits per heavy atom. The average Bonchev–Trinajstić information content (AvgIpc) is 2.79. The molecule has 0 heterocycles. The number of hydrogen-bond acceptors (Lipinski definition) is 6. The van der Waals surface area contributed by atoms with Gasteiger partial charge in [-0.15, -0.1) is 0 Å². The largest absolute Gasteiger partial charge is 0.493 e. The quantitative estimate of drug-likeness (QED) is 0.158. The zero-order valence-electron chi connectivity index (χ0n) is 17.2. The van der Waals surface area contributed by atoms with Crippen LogP contribution in [0.25, 0.3) is 0 Å². The van der Waals surface area contributed by atoms with E-state index in [1.165, 1.54) is 13.3 Å². The van der Waals surface area contributed by atoms with Gasteiger partial charge in [-0.1, -0.05) is 27.5 Å². The van der Waals surface area contributed by atoms with E-state index in [0.717, 1.165) is 4.47 Å². The molecule has 0 radical (unpaired) electrons. The van der Waals surface area contributed by atoms with E-state index in [-0.39, 0.29) is 12.4 Å². The molecule has 3 rings (SSSR count). The third kappa shape index (κ3) is 7.31. The second kappa shape index (κ2) is 11.8. The fraction of sp³-hybridized carbons (Fsp3) is 0.0870. The van der Waals surface area contributed by atoms with Gasteiger partial charge in [0.15, 0.2) is 18.1 Å². The van der Waals surface area contributed by atoms with Crippen LogP contribution in [0.4, 0.5) is 0 Å². The molecule has 0 bridgehead atoms. The van der Waals surface area contributed by atoms with Crippen molar-refractivity contribution in [2.45, 2.75) is 0 Å². The maximum atomic E-state index is 12.3. The van der Waals surface area contributed by atoms with E-state index in [2.05, 4.69) is 42.4 Å². The number of halogens is 3. The Hall–Kier alpha value is -2.88. The van der Waals surface area contributed by atoms with Gasteiger partial charge in [0.1, 0.15) is 5.75 Å². The molecular formula is C23H17Br2ClN2O5. The van der Waals surface area contributed by atoms with E-state index in [0.29, 0.717) is 32.1 Å². The molecule has 7 nitrogen and oxygen atoms in total. The van der Waals surface area contributed by atoms with Gasteiger partial charge in [-0.05, 0) is 82.2 Å². The van der Waals surface area contributed by atoms with Crippen LogP contribution < -0.4 is 19.6 Å². The number of hydrazone groups is 1. The third-order valence-corrected chi connectivity index (χ3v) is 5.51. The van der Waals surface area contributed by atoms with Crippen molar-refractivity contribution in [2.24, 2.45) is 5.10 Å². The summed E-state index contributed by atoms with van der Waals surface area (Å²) < 4.78 is 17.7. The van der Waals surface area contributed by atoms with Crippen molar-refractivity contribution in [1.82, 2.24) is 5.43 Å². The number of carbonyl (C=O) groups excluding carboxylic acids is 2. The maximum absolute atomic E-state index is 12.3. The van der Waals surface area contributed by atoms with Gasteiger partial charge in [-0.2, -0.15) is 5.10 Å². The Labute approximate surface area is 211 Å². The van der Waals surface area contributed by atoms with Gasteiger partial charge in [0.05, 0.1) is 23.4 Å². The summed E-state index contributed by atoms with van der Waals surface area (Å²) in [6, 6.07) is 16.7. The minimum atomic E-state index is -0.512. The molecule has 0 aliphatic carbocycles. The van der Waals surface area contributed by atoms with Crippen molar-refractivity contribution in [3.63, 3.8) is 0 Å². The Bertz CT molecular complexity index is 1190. The minimum Gasteiger partial charge on any atom is -0.493 e. The van der Waals surface area contributed by atoms with Gasteiger partial charge in [0, 0.05) is 9.50 Å². The van der Waals surface area contributed by atoms with E-state index in [1.54, 1.807) is 60.7 Å². The van der Waals surface area contributed by atoms with Crippen molar-refractivity contribution in [3.8, 4) is 17.2 Å². The number of rotatable bonds is 8. The van der Waals surface area contributed by atoms with E-state index in [1.807, 2.05) is 0 Å². The molecule has 170 valence electrons. The smallest absolute Gasteiger partial charge is 0.343 e. The summed E-state index contributed by atoms with van der Waals surface area (Å²) in [6.07, 6.45) is 1.43. The highest BCUT2D eigenvalue weighted by molar-refractivity contribution is 9.10. The van der Waals surface area contributed by atoms with E-state index < -0.39 is 11.9 Å². The van der Waals surface area contributed by atoms with Crippen molar-refractivity contribution < 1.29 is 23.8 Å². The summed E-state index contributed by atoms with van der Waals surface area (Å²) in [6.45, 7) is -0.230. The van der Waals surface area contributed by atoms with Gasteiger partial charge < -0.3 is 14.2 Å². The standard InChI is InChI=1S/C23H17Br2ClN2O5/c1-31-21-10-14(2-8-20(21)33-23(30)15-3-5-16(24)6-4-15)12-27-28-22(29)13-32-19-9-7-17(26)11-18(19)25/h2-12H,13H2,1H3,(H,28,29). The average molecular weight is 597 g/mol. The molecule has 0 atom stereocenters. The van der Waals surface area contributed by atoms with Gasteiger partial charge in [0.2, 0.25) is 0 Å². The van der Waals surface area contributed by atoms with Gasteiger partial charge >= 0.3 is 5.97 Å². The van der Waals surface area contributed by atoms with Crippen molar-refractivity contribution in [3.05, 3.63) is 85.8 Å².